The second-order valence-electron chi connectivity index (χ2n) is 5.37. The summed E-state index contributed by atoms with van der Waals surface area (Å²) in [6.07, 6.45) is -0.514. The number of carbonyl (C=O) groups is 2. The maximum absolute atomic E-state index is 11.6. The monoisotopic (exact) mass is 362 g/mol. The second kappa shape index (κ2) is 8.88. The van der Waals surface area contributed by atoms with Crippen LogP contribution in [0.2, 0.25) is 0 Å². The summed E-state index contributed by atoms with van der Waals surface area (Å²) < 4.78 is 16.2. The molecule has 1 aromatic carbocycles. The fourth-order valence-electron chi connectivity index (χ4n) is 2.32. The van der Waals surface area contributed by atoms with Crippen LogP contribution < -0.4 is 21.5 Å². The molecule has 0 aliphatic rings. The van der Waals surface area contributed by atoms with Crippen molar-refractivity contribution in [3.05, 3.63) is 35.9 Å². The molecule has 0 aliphatic heterocycles. The lowest BCUT2D eigenvalue weighted by molar-refractivity contribution is -0.0793. The maximum atomic E-state index is 11.6. The van der Waals surface area contributed by atoms with Gasteiger partial charge >= 0.3 is 6.03 Å². The highest BCUT2D eigenvalue weighted by Gasteiger charge is 2.18. The number of anilines is 1. The zero-order valence-corrected chi connectivity index (χ0v) is 14.6. The third-order valence-corrected chi connectivity index (χ3v) is 3.44. The SMILES string of the molecule is COCCOC(C)Oc1ccccc1-c1cc(C(N)=O)c(NC(N)=O)[nH]1. The van der Waals surface area contributed by atoms with E-state index < -0.39 is 18.2 Å². The van der Waals surface area contributed by atoms with Gasteiger partial charge in [0.05, 0.1) is 24.5 Å². The lowest BCUT2D eigenvalue weighted by atomic mass is 10.1. The van der Waals surface area contributed by atoms with E-state index in [9.17, 15) is 9.59 Å². The number of benzene rings is 1. The van der Waals surface area contributed by atoms with Crippen LogP contribution in [0, 0.1) is 0 Å². The molecule has 9 nitrogen and oxygen atoms in total. The summed E-state index contributed by atoms with van der Waals surface area (Å²) in [5.74, 6) is -0.0505. The summed E-state index contributed by atoms with van der Waals surface area (Å²) in [4.78, 5) is 25.6. The molecule has 9 heteroatoms. The number of amides is 3. The molecule has 0 saturated carbocycles. The van der Waals surface area contributed by atoms with Gasteiger partial charge < -0.3 is 30.7 Å². The van der Waals surface area contributed by atoms with Crippen LogP contribution in [-0.2, 0) is 9.47 Å². The lowest BCUT2D eigenvalue weighted by Gasteiger charge is -2.17. The topological polar surface area (TPSA) is 142 Å². The van der Waals surface area contributed by atoms with E-state index in [1.165, 1.54) is 6.07 Å². The van der Waals surface area contributed by atoms with E-state index in [2.05, 4.69) is 10.3 Å². The van der Waals surface area contributed by atoms with E-state index in [0.29, 0.717) is 30.2 Å². The number of para-hydroxylation sites is 1. The Bertz CT molecular complexity index is 774. The van der Waals surface area contributed by atoms with Crippen molar-refractivity contribution in [2.75, 3.05) is 25.6 Å². The number of ether oxygens (including phenoxy) is 3. The predicted molar refractivity (Wildman–Crippen MR) is 95.9 cm³/mol. The molecular formula is C17H22N4O5. The van der Waals surface area contributed by atoms with Crippen LogP contribution >= 0.6 is 0 Å². The molecule has 1 heterocycles. The van der Waals surface area contributed by atoms with Gasteiger partial charge in [-0.2, -0.15) is 0 Å². The Kier molecular flexibility index (Phi) is 6.59. The number of hydrogen-bond acceptors (Lipinski definition) is 5. The van der Waals surface area contributed by atoms with Crippen LogP contribution in [0.4, 0.5) is 10.6 Å². The first-order chi connectivity index (χ1) is 12.4. The van der Waals surface area contributed by atoms with E-state index in [-0.39, 0.29) is 11.4 Å². The Morgan fingerprint density at radius 3 is 2.62 bits per heavy atom. The molecule has 2 rings (SSSR count). The summed E-state index contributed by atoms with van der Waals surface area (Å²) >= 11 is 0. The number of carbonyl (C=O) groups excluding carboxylic acids is 2. The third-order valence-electron chi connectivity index (χ3n) is 3.44. The minimum absolute atomic E-state index is 0.109. The third kappa shape index (κ3) is 4.98. The Morgan fingerprint density at radius 2 is 1.96 bits per heavy atom. The first-order valence-electron chi connectivity index (χ1n) is 7.88. The van der Waals surface area contributed by atoms with Gasteiger partial charge in [0.15, 0.2) is 6.29 Å². The number of methoxy groups -OCH3 is 1. The zero-order chi connectivity index (χ0) is 19.1. The summed E-state index contributed by atoms with van der Waals surface area (Å²) in [5.41, 5.74) is 11.8. The van der Waals surface area contributed by atoms with Gasteiger partial charge in [-0.25, -0.2) is 4.79 Å². The van der Waals surface area contributed by atoms with Gasteiger partial charge in [0.1, 0.15) is 11.6 Å². The van der Waals surface area contributed by atoms with Gasteiger partial charge in [-0.1, -0.05) is 12.1 Å². The fourth-order valence-corrected chi connectivity index (χ4v) is 2.32. The van der Waals surface area contributed by atoms with E-state index >= 15 is 0 Å². The molecule has 6 N–H and O–H groups in total. The number of primary amides is 2. The predicted octanol–water partition coefficient (Wildman–Crippen LogP) is 1.66. The number of rotatable bonds is 9. The molecule has 2 aromatic rings. The van der Waals surface area contributed by atoms with Crippen molar-refractivity contribution in [3.8, 4) is 17.0 Å². The van der Waals surface area contributed by atoms with E-state index in [4.69, 9.17) is 25.7 Å². The van der Waals surface area contributed by atoms with Crippen molar-refractivity contribution in [3.63, 3.8) is 0 Å². The summed E-state index contributed by atoms with van der Waals surface area (Å²) in [7, 11) is 1.59. The molecule has 0 radical (unpaired) electrons. The second-order valence-corrected chi connectivity index (χ2v) is 5.37. The first-order valence-corrected chi connectivity index (χ1v) is 7.88. The van der Waals surface area contributed by atoms with E-state index in [1.807, 2.05) is 6.07 Å². The molecule has 3 amide bonds. The van der Waals surface area contributed by atoms with Crippen LogP contribution in [0.15, 0.2) is 30.3 Å². The highest BCUT2D eigenvalue weighted by atomic mass is 16.7. The largest absolute Gasteiger partial charge is 0.465 e. The molecular weight excluding hydrogens is 340 g/mol. The summed E-state index contributed by atoms with van der Waals surface area (Å²) in [5, 5.41) is 2.34. The van der Waals surface area contributed by atoms with Crippen molar-refractivity contribution >= 4 is 17.8 Å². The van der Waals surface area contributed by atoms with Gasteiger partial charge in [-0.3, -0.25) is 10.1 Å². The van der Waals surface area contributed by atoms with Gasteiger partial charge in [0.2, 0.25) is 0 Å². The van der Waals surface area contributed by atoms with Gasteiger partial charge in [-0.05, 0) is 25.1 Å². The van der Waals surface area contributed by atoms with E-state index in [0.717, 1.165) is 0 Å². The van der Waals surface area contributed by atoms with Crippen LogP contribution in [-0.4, -0.2) is 43.5 Å². The van der Waals surface area contributed by atoms with Crippen molar-refractivity contribution in [1.29, 1.82) is 0 Å². The Hall–Kier alpha value is -3.04. The number of nitrogens with two attached hydrogens (primary N) is 2. The molecule has 0 saturated heterocycles. The van der Waals surface area contributed by atoms with E-state index in [1.54, 1.807) is 32.2 Å². The van der Waals surface area contributed by atoms with Crippen LogP contribution in [0.25, 0.3) is 11.3 Å². The van der Waals surface area contributed by atoms with Crippen molar-refractivity contribution in [1.82, 2.24) is 4.98 Å². The van der Waals surface area contributed by atoms with Crippen molar-refractivity contribution < 1.29 is 23.8 Å². The molecule has 0 aliphatic carbocycles. The zero-order valence-electron chi connectivity index (χ0n) is 14.6. The normalized spacial score (nSPS) is 11.8. The molecule has 0 bridgehead atoms. The van der Waals surface area contributed by atoms with Crippen molar-refractivity contribution in [2.45, 2.75) is 13.2 Å². The number of urea groups is 1. The highest BCUT2D eigenvalue weighted by molar-refractivity contribution is 6.03. The van der Waals surface area contributed by atoms with Crippen LogP contribution in [0.1, 0.15) is 17.3 Å². The van der Waals surface area contributed by atoms with Gasteiger partial charge in [0, 0.05) is 12.7 Å². The molecule has 26 heavy (non-hydrogen) atoms. The summed E-state index contributed by atoms with van der Waals surface area (Å²) in [6.45, 7) is 2.60. The Labute approximate surface area is 150 Å². The first kappa shape index (κ1) is 19.3. The molecule has 140 valence electrons. The standard InChI is InChI=1S/C17H22N4O5/c1-10(25-8-7-24-2)26-14-6-4-3-5-11(14)13-9-12(15(18)22)16(20-13)21-17(19)23/h3-6,9-10,20H,7-8H2,1-2H3,(H2,18,22)(H3,19,21,23). The van der Waals surface area contributed by atoms with Crippen molar-refractivity contribution in [2.24, 2.45) is 11.5 Å². The smallest absolute Gasteiger partial charge is 0.317 e. The number of H-pyrrole nitrogens is 1. The summed E-state index contributed by atoms with van der Waals surface area (Å²) in [6, 6.07) is 7.88. The van der Waals surface area contributed by atoms with Crippen LogP contribution in [0.3, 0.4) is 0 Å². The Balaban J connectivity index is 2.28. The minimum atomic E-state index is -0.814. The molecule has 0 fully saturated rings. The molecule has 1 unspecified atom stereocenters. The highest BCUT2D eigenvalue weighted by Crippen LogP contribution is 2.32. The average molecular weight is 362 g/mol. The number of aromatic nitrogens is 1. The van der Waals surface area contributed by atoms with Gasteiger partial charge in [-0.15, -0.1) is 0 Å². The van der Waals surface area contributed by atoms with Crippen LogP contribution in [0.5, 0.6) is 5.75 Å². The lowest BCUT2D eigenvalue weighted by Crippen LogP contribution is -2.22. The molecule has 1 atom stereocenters. The molecule has 1 aromatic heterocycles. The Morgan fingerprint density at radius 1 is 1.23 bits per heavy atom. The number of hydrogen-bond donors (Lipinski definition) is 4. The fraction of sp³-hybridized carbons (Fsp3) is 0.294. The minimum Gasteiger partial charge on any atom is -0.465 e. The van der Waals surface area contributed by atoms with Gasteiger partial charge in [0.25, 0.3) is 5.91 Å². The maximum Gasteiger partial charge on any atom is 0.317 e. The quantitative estimate of drug-likeness (QED) is 0.396. The number of aromatic amines is 1. The molecule has 0 spiro atoms. The number of nitrogens with one attached hydrogen (secondary N) is 2. The average Bonchev–Trinajstić information content (AvgIpc) is 2.98.